The Morgan fingerprint density at radius 2 is 2.00 bits per heavy atom. The Bertz CT molecular complexity index is 532. The highest BCUT2D eigenvalue weighted by molar-refractivity contribution is 5.85. The van der Waals surface area contributed by atoms with Gasteiger partial charge in [0.15, 0.2) is 11.5 Å². The van der Waals surface area contributed by atoms with Crippen LogP contribution in [0.2, 0.25) is 0 Å². The van der Waals surface area contributed by atoms with Gasteiger partial charge in [0.05, 0.1) is 6.04 Å². The summed E-state index contributed by atoms with van der Waals surface area (Å²) < 4.78 is 5.17. The lowest BCUT2D eigenvalue weighted by molar-refractivity contribution is 0.0495. The van der Waals surface area contributed by atoms with Crippen molar-refractivity contribution in [2.24, 2.45) is 0 Å². The summed E-state index contributed by atoms with van der Waals surface area (Å²) in [7, 11) is 0. The molecule has 0 saturated carbocycles. The molecule has 1 aliphatic rings. The Hall–Kier alpha value is -2.38. The van der Waals surface area contributed by atoms with Gasteiger partial charge >= 0.3 is 12.1 Å². The quantitative estimate of drug-likeness (QED) is 0.852. The number of carboxylic acids is 1. The van der Waals surface area contributed by atoms with Gasteiger partial charge in [0.1, 0.15) is 5.60 Å². The van der Waals surface area contributed by atoms with E-state index in [9.17, 15) is 9.59 Å². The predicted octanol–water partition coefficient (Wildman–Crippen LogP) is 0.888. The molecule has 2 N–H and O–H groups in total. The van der Waals surface area contributed by atoms with E-state index in [1.807, 2.05) is 4.90 Å². The summed E-state index contributed by atoms with van der Waals surface area (Å²) >= 11 is 0. The number of carbonyl (C=O) groups is 2. The van der Waals surface area contributed by atoms with Crippen LogP contribution in [0.3, 0.4) is 0 Å². The second kappa shape index (κ2) is 5.55. The fourth-order valence-electron chi connectivity index (χ4n) is 1.84. The second-order valence-corrected chi connectivity index (χ2v) is 5.83. The molecule has 8 nitrogen and oxygen atoms in total. The fraction of sp³-hybridized carbons (Fsp3) is 0.538. The van der Waals surface area contributed by atoms with Gasteiger partial charge in [-0.15, -0.1) is 10.2 Å². The summed E-state index contributed by atoms with van der Waals surface area (Å²) in [5.74, 6) is -0.524. The monoisotopic (exact) mass is 294 g/mol. The topological polar surface area (TPSA) is 105 Å². The Balaban J connectivity index is 1.81. The Morgan fingerprint density at radius 1 is 1.33 bits per heavy atom. The summed E-state index contributed by atoms with van der Waals surface area (Å²) in [5.41, 5.74) is -0.617. The van der Waals surface area contributed by atoms with Gasteiger partial charge in [0, 0.05) is 13.1 Å². The molecule has 0 aliphatic carbocycles. The van der Waals surface area contributed by atoms with E-state index in [0.29, 0.717) is 18.9 Å². The molecular weight excluding hydrogens is 276 g/mol. The summed E-state index contributed by atoms with van der Waals surface area (Å²) in [4.78, 5) is 24.1. The van der Waals surface area contributed by atoms with Gasteiger partial charge in [-0.05, 0) is 32.9 Å². The molecule has 1 amide bonds. The van der Waals surface area contributed by atoms with Gasteiger partial charge in [-0.1, -0.05) is 0 Å². The largest absolute Gasteiger partial charge is 0.476 e. The molecule has 1 aromatic heterocycles. The SMILES string of the molecule is CC(C)(C)OC(=O)NC1CN(c2ccc(C(=O)O)nn2)C1. The third kappa shape index (κ3) is 4.04. The van der Waals surface area contributed by atoms with E-state index in [0.717, 1.165) is 0 Å². The number of nitrogens with one attached hydrogen (secondary N) is 1. The molecule has 0 radical (unpaired) electrons. The molecule has 0 aromatic carbocycles. The van der Waals surface area contributed by atoms with Crippen LogP contribution in [0.5, 0.6) is 0 Å². The second-order valence-electron chi connectivity index (χ2n) is 5.83. The molecule has 114 valence electrons. The van der Waals surface area contributed by atoms with Crippen molar-refractivity contribution in [1.82, 2.24) is 15.5 Å². The molecular formula is C13H18N4O4. The molecule has 0 spiro atoms. The van der Waals surface area contributed by atoms with Gasteiger partial charge in [0.25, 0.3) is 0 Å². The number of ether oxygens (including phenoxy) is 1. The van der Waals surface area contributed by atoms with Crippen LogP contribution < -0.4 is 10.2 Å². The molecule has 0 unspecified atom stereocenters. The number of carbonyl (C=O) groups excluding carboxylic acids is 1. The number of anilines is 1. The van der Waals surface area contributed by atoms with Crippen LogP contribution in [0.1, 0.15) is 31.3 Å². The first-order chi connectivity index (χ1) is 9.74. The first-order valence-corrected chi connectivity index (χ1v) is 6.56. The zero-order chi connectivity index (χ0) is 15.6. The number of hydrogen-bond acceptors (Lipinski definition) is 6. The van der Waals surface area contributed by atoms with Crippen molar-refractivity contribution < 1.29 is 19.4 Å². The average Bonchev–Trinajstić information content (AvgIpc) is 2.31. The van der Waals surface area contributed by atoms with E-state index < -0.39 is 17.7 Å². The molecule has 0 atom stereocenters. The van der Waals surface area contributed by atoms with Crippen LogP contribution in [-0.4, -0.2) is 52.1 Å². The standard InChI is InChI=1S/C13H18N4O4/c1-13(2,3)21-12(20)14-8-6-17(7-8)10-5-4-9(11(18)19)15-16-10/h4-5,8H,6-7H2,1-3H3,(H,14,20)(H,18,19). The van der Waals surface area contributed by atoms with E-state index in [1.165, 1.54) is 6.07 Å². The van der Waals surface area contributed by atoms with Crippen molar-refractivity contribution in [3.8, 4) is 0 Å². The maximum atomic E-state index is 11.6. The Labute approximate surface area is 122 Å². The highest BCUT2D eigenvalue weighted by atomic mass is 16.6. The maximum absolute atomic E-state index is 11.6. The summed E-state index contributed by atoms with van der Waals surface area (Å²) in [5, 5.41) is 19.0. The lowest BCUT2D eigenvalue weighted by Gasteiger charge is -2.40. The van der Waals surface area contributed by atoms with Crippen molar-refractivity contribution in [2.75, 3.05) is 18.0 Å². The first-order valence-electron chi connectivity index (χ1n) is 6.56. The van der Waals surface area contributed by atoms with Crippen LogP contribution in [0.15, 0.2) is 12.1 Å². The number of aromatic nitrogens is 2. The van der Waals surface area contributed by atoms with Gasteiger partial charge in [-0.3, -0.25) is 0 Å². The number of aromatic carboxylic acids is 1. The minimum absolute atomic E-state index is 0.0131. The van der Waals surface area contributed by atoms with E-state index in [2.05, 4.69) is 15.5 Å². The third-order valence-electron chi connectivity index (χ3n) is 2.80. The van der Waals surface area contributed by atoms with Gasteiger partial charge in [-0.25, -0.2) is 9.59 Å². The highest BCUT2D eigenvalue weighted by Gasteiger charge is 2.30. The zero-order valence-electron chi connectivity index (χ0n) is 12.2. The Morgan fingerprint density at radius 3 is 2.48 bits per heavy atom. The predicted molar refractivity (Wildman–Crippen MR) is 74.4 cm³/mol. The zero-order valence-corrected chi connectivity index (χ0v) is 12.2. The number of alkyl carbamates (subject to hydrolysis) is 1. The van der Waals surface area contributed by atoms with E-state index in [1.54, 1.807) is 26.8 Å². The van der Waals surface area contributed by atoms with Gasteiger partial charge in [0.2, 0.25) is 0 Å². The highest BCUT2D eigenvalue weighted by Crippen LogP contribution is 2.18. The molecule has 8 heteroatoms. The lowest BCUT2D eigenvalue weighted by Crippen LogP contribution is -2.60. The molecule has 1 saturated heterocycles. The molecule has 2 heterocycles. The molecule has 1 fully saturated rings. The average molecular weight is 294 g/mol. The molecule has 21 heavy (non-hydrogen) atoms. The van der Waals surface area contributed by atoms with Crippen molar-refractivity contribution in [2.45, 2.75) is 32.4 Å². The molecule has 1 aliphatic heterocycles. The smallest absolute Gasteiger partial charge is 0.407 e. The first kappa shape index (κ1) is 15.0. The number of hydrogen-bond donors (Lipinski definition) is 2. The maximum Gasteiger partial charge on any atom is 0.407 e. The lowest BCUT2D eigenvalue weighted by atomic mass is 10.1. The number of carboxylic acid groups (broad SMARTS) is 1. The van der Waals surface area contributed by atoms with Crippen LogP contribution in [0.25, 0.3) is 0 Å². The van der Waals surface area contributed by atoms with Crippen LogP contribution in [-0.2, 0) is 4.74 Å². The normalized spacial score (nSPS) is 15.3. The van der Waals surface area contributed by atoms with Crippen LogP contribution in [0.4, 0.5) is 10.6 Å². The van der Waals surface area contributed by atoms with Gasteiger partial charge < -0.3 is 20.1 Å². The molecule has 1 aromatic rings. The molecule has 2 rings (SSSR count). The molecule has 0 bridgehead atoms. The number of nitrogens with zero attached hydrogens (tertiary/aromatic N) is 3. The Kier molecular flexibility index (Phi) is 3.97. The van der Waals surface area contributed by atoms with Crippen molar-refractivity contribution in [3.05, 3.63) is 17.8 Å². The fourth-order valence-corrected chi connectivity index (χ4v) is 1.84. The third-order valence-corrected chi connectivity index (χ3v) is 2.80. The van der Waals surface area contributed by atoms with Crippen LogP contribution >= 0.6 is 0 Å². The minimum Gasteiger partial charge on any atom is -0.476 e. The number of rotatable bonds is 3. The summed E-state index contributed by atoms with van der Waals surface area (Å²) in [6, 6.07) is 2.99. The van der Waals surface area contributed by atoms with E-state index in [4.69, 9.17) is 9.84 Å². The minimum atomic E-state index is -1.11. The number of amides is 1. The van der Waals surface area contributed by atoms with E-state index in [-0.39, 0.29) is 11.7 Å². The summed E-state index contributed by atoms with van der Waals surface area (Å²) in [6.45, 7) is 6.58. The van der Waals surface area contributed by atoms with E-state index >= 15 is 0 Å². The van der Waals surface area contributed by atoms with Gasteiger partial charge in [-0.2, -0.15) is 0 Å². The summed E-state index contributed by atoms with van der Waals surface area (Å²) in [6.07, 6.45) is -0.445. The van der Waals surface area contributed by atoms with Crippen molar-refractivity contribution in [3.63, 3.8) is 0 Å². The van der Waals surface area contributed by atoms with Crippen LogP contribution in [0, 0.1) is 0 Å². The van der Waals surface area contributed by atoms with Crippen molar-refractivity contribution >= 4 is 17.9 Å². The van der Waals surface area contributed by atoms with Crippen molar-refractivity contribution in [1.29, 1.82) is 0 Å².